The van der Waals surface area contributed by atoms with Crippen LogP contribution < -0.4 is 10.6 Å². The smallest absolute Gasteiger partial charge is 0.0668 e. The van der Waals surface area contributed by atoms with Crippen LogP contribution in [-0.2, 0) is 11.3 Å². The van der Waals surface area contributed by atoms with Crippen LogP contribution in [0.25, 0.3) is 0 Å². The van der Waals surface area contributed by atoms with Crippen molar-refractivity contribution in [3.63, 3.8) is 0 Å². The zero-order valence-corrected chi connectivity index (χ0v) is 11.1. The quantitative estimate of drug-likeness (QED) is 0.857. The van der Waals surface area contributed by atoms with Crippen LogP contribution in [-0.4, -0.2) is 25.8 Å². The van der Waals surface area contributed by atoms with Crippen LogP contribution in [0.15, 0.2) is 24.3 Å². The van der Waals surface area contributed by atoms with Crippen molar-refractivity contribution in [2.45, 2.75) is 33.4 Å². The zero-order chi connectivity index (χ0) is 12.7. The van der Waals surface area contributed by atoms with Crippen LogP contribution in [0, 0.1) is 0 Å². The van der Waals surface area contributed by atoms with Crippen molar-refractivity contribution in [1.29, 1.82) is 0 Å². The summed E-state index contributed by atoms with van der Waals surface area (Å²) in [7, 11) is 0. The Morgan fingerprint density at radius 1 is 1.29 bits per heavy atom. The molecular weight excluding hydrogens is 212 g/mol. The van der Waals surface area contributed by atoms with Gasteiger partial charge in [0, 0.05) is 24.8 Å². The van der Waals surface area contributed by atoms with Crippen LogP contribution >= 0.6 is 0 Å². The fourth-order valence-electron chi connectivity index (χ4n) is 1.93. The Kier molecular flexibility index (Phi) is 6.01. The number of morpholine rings is 1. The van der Waals surface area contributed by atoms with Crippen LogP contribution in [0.3, 0.4) is 0 Å². The van der Waals surface area contributed by atoms with Gasteiger partial charge in [-0.05, 0) is 24.6 Å². The molecule has 1 saturated heterocycles. The summed E-state index contributed by atoms with van der Waals surface area (Å²) in [4.78, 5) is 2.38. The van der Waals surface area contributed by atoms with Gasteiger partial charge >= 0.3 is 0 Å². The summed E-state index contributed by atoms with van der Waals surface area (Å²) in [5.74, 6) is 0. The molecule has 0 aliphatic carbocycles. The SMILES string of the molecule is CC.CC1COCCN1c1ccc(CN)cc1. The lowest BCUT2D eigenvalue weighted by Crippen LogP contribution is -2.43. The van der Waals surface area contributed by atoms with Crippen molar-refractivity contribution in [2.24, 2.45) is 5.73 Å². The summed E-state index contributed by atoms with van der Waals surface area (Å²) in [6, 6.07) is 8.94. The summed E-state index contributed by atoms with van der Waals surface area (Å²) in [5, 5.41) is 0. The van der Waals surface area contributed by atoms with E-state index in [1.807, 2.05) is 13.8 Å². The molecule has 0 spiro atoms. The Balaban J connectivity index is 0.000000686. The van der Waals surface area contributed by atoms with Crippen molar-refractivity contribution in [3.8, 4) is 0 Å². The number of anilines is 1. The molecule has 0 amide bonds. The molecule has 1 atom stereocenters. The van der Waals surface area contributed by atoms with E-state index >= 15 is 0 Å². The summed E-state index contributed by atoms with van der Waals surface area (Å²) < 4.78 is 5.42. The third-order valence-electron chi connectivity index (χ3n) is 2.87. The minimum atomic E-state index is 0.461. The highest BCUT2D eigenvalue weighted by atomic mass is 16.5. The summed E-state index contributed by atoms with van der Waals surface area (Å²) >= 11 is 0. The molecule has 96 valence electrons. The molecule has 1 aromatic carbocycles. The van der Waals surface area contributed by atoms with E-state index in [2.05, 4.69) is 36.1 Å². The molecule has 1 heterocycles. The van der Waals surface area contributed by atoms with E-state index in [9.17, 15) is 0 Å². The maximum absolute atomic E-state index is 5.57. The second-order valence-electron chi connectivity index (χ2n) is 3.99. The monoisotopic (exact) mass is 236 g/mol. The Hall–Kier alpha value is -1.06. The Morgan fingerprint density at radius 3 is 2.47 bits per heavy atom. The molecular formula is C14H24N2O. The zero-order valence-electron chi connectivity index (χ0n) is 11.1. The number of ether oxygens (including phenoxy) is 1. The molecule has 0 saturated carbocycles. The first-order valence-corrected chi connectivity index (χ1v) is 6.44. The predicted molar refractivity (Wildman–Crippen MR) is 73.3 cm³/mol. The van der Waals surface area contributed by atoms with Crippen molar-refractivity contribution in [2.75, 3.05) is 24.7 Å². The molecule has 17 heavy (non-hydrogen) atoms. The fourth-order valence-corrected chi connectivity index (χ4v) is 1.93. The van der Waals surface area contributed by atoms with Gasteiger partial charge in [-0.1, -0.05) is 26.0 Å². The summed E-state index contributed by atoms with van der Waals surface area (Å²) in [5.41, 5.74) is 8.02. The van der Waals surface area contributed by atoms with Crippen LogP contribution in [0.5, 0.6) is 0 Å². The van der Waals surface area contributed by atoms with Crippen LogP contribution in [0.1, 0.15) is 26.3 Å². The maximum atomic E-state index is 5.57. The number of benzene rings is 1. The molecule has 2 rings (SSSR count). The van der Waals surface area contributed by atoms with Gasteiger partial charge in [0.15, 0.2) is 0 Å². The largest absolute Gasteiger partial charge is 0.377 e. The van der Waals surface area contributed by atoms with Gasteiger partial charge in [-0.25, -0.2) is 0 Å². The second kappa shape index (κ2) is 7.30. The number of rotatable bonds is 2. The van der Waals surface area contributed by atoms with Crippen molar-refractivity contribution in [3.05, 3.63) is 29.8 Å². The highest BCUT2D eigenvalue weighted by molar-refractivity contribution is 5.48. The van der Waals surface area contributed by atoms with E-state index in [0.29, 0.717) is 12.6 Å². The Labute approximate surface area is 105 Å². The normalized spacial score (nSPS) is 19.5. The van der Waals surface area contributed by atoms with Crippen LogP contribution in [0.4, 0.5) is 5.69 Å². The molecule has 1 aliphatic heterocycles. The van der Waals surface area contributed by atoms with Gasteiger partial charge in [-0.2, -0.15) is 0 Å². The van der Waals surface area contributed by atoms with Crippen molar-refractivity contribution < 1.29 is 4.74 Å². The standard InChI is InChI=1S/C12H18N2O.C2H6/c1-10-9-15-7-6-14(10)12-4-2-11(8-13)3-5-12;1-2/h2-5,10H,6-9,13H2,1H3;1-2H3. The van der Waals surface area contributed by atoms with E-state index in [0.717, 1.165) is 19.8 Å². The number of hydrogen-bond donors (Lipinski definition) is 1. The number of nitrogens with two attached hydrogens (primary N) is 1. The first-order valence-electron chi connectivity index (χ1n) is 6.44. The van der Waals surface area contributed by atoms with E-state index in [-0.39, 0.29) is 0 Å². The summed E-state index contributed by atoms with van der Waals surface area (Å²) in [6.07, 6.45) is 0. The average molecular weight is 236 g/mol. The third-order valence-corrected chi connectivity index (χ3v) is 2.87. The number of nitrogens with zero attached hydrogens (tertiary/aromatic N) is 1. The second-order valence-corrected chi connectivity index (χ2v) is 3.99. The topological polar surface area (TPSA) is 38.5 Å². The molecule has 1 aliphatic rings. The average Bonchev–Trinajstić information content (AvgIpc) is 2.42. The van der Waals surface area contributed by atoms with Crippen molar-refractivity contribution >= 4 is 5.69 Å². The molecule has 0 radical (unpaired) electrons. The van der Waals surface area contributed by atoms with E-state index < -0.39 is 0 Å². The van der Waals surface area contributed by atoms with Gasteiger partial charge in [0.25, 0.3) is 0 Å². The van der Waals surface area contributed by atoms with Gasteiger partial charge in [-0.3, -0.25) is 0 Å². The minimum Gasteiger partial charge on any atom is -0.377 e. The molecule has 1 aromatic rings. The fraction of sp³-hybridized carbons (Fsp3) is 0.571. The highest BCUT2D eigenvalue weighted by Crippen LogP contribution is 2.19. The lowest BCUT2D eigenvalue weighted by atomic mass is 10.1. The molecule has 1 unspecified atom stereocenters. The van der Waals surface area contributed by atoms with E-state index in [1.54, 1.807) is 0 Å². The third kappa shape index (κ3) is 3.72. The number of hydrogen-bond acceptors (Lipinski definition) is 3. The molecule has 2 N–H and O–H groups in total. The lowest BCUT2D eigenvalue weighted by molar-refractivity contribution is 0.0989. The van der Waals surface area contributed by atoms with Gasteiger partial charge in [0.2, 0.25) is 0 Å². The molecule has 3 heteroatoms. The van der Waals surface area contributed by atoms with Crippen molar-refractivity contribution in [1.82, 2.24) is 0 Å². The predicted octanol–water partition coefficient (Wildman–Crippen LogP) is 2.40. The van der Waals surface area contributed by atoms with E-state index in [1.165, 1.54) is 11.3 Å². The Morgan fingerprint density at radius 2 is 1.94 bits per heavy atom. The van der Waals surface area contributed by atoms with Gasteiger partial charge in [0.05, 0.1) is 13.2 Å². The molecule has 1 fully saturated rings. The first-order chi connectivity index (χ1) is 8.31. The highest BCUT2D eigenvalue weighted by Gasteiger charge is 2.18. The van der Waals surface area contributed by atoms with Gasteiger partial charge in [0.1, 0.15) is 0 Å². The van der Waals surface area contributed by atoms with Crippen LogP contribution in [0.2, 0.25) is 0 Å². The first kappa shape index (κ1) is 14.0. The minimum absolute atomic E-state index is 0.461. The maximum Gasteiger partial charge on any atom is 0.0668 e. The molecule has 0 bridgehead atoms. The molecule has 3 nitrogen and oxygen atoms in total. The van der Waals surface area contributed by atoms with Gasteiger partial charge < -0.3 is 15.4 Å². The summed E-state index contributed by atoms with van der Waals surface area (Å²) in [6.45, 7) is 9.42. The Bertz CT molecular complexity index is 311. The lowest BCUT2D eigenvalue weighted by Gasteiger charge is -2.35. The van der Waals surface area contributed by atoms with E-state index in [4.69, 9.17) is 10.5 Å². The molecule has 0 aromatic heterocycles. The van der Waals surface area contributed by atoms with Gasteiger partial charge in [-0.15, -0.1) is 0 Å².